The minimum atomic E-state index is -1.40. The van der Waals surface area contributed by atoms with Crippen molar-refractivity contribution in [3.8, 4) is 5.75 Å². The fourth-order valence-electron chi connectivity index (χ4n) is 6.90. The molecule has 1 amide bonds. The number of para-hydroxylation sites is 1. The number of nitrogens with one attached hydrogen (secondary N) is 1. The van der Waals surface area contributed by atoms with Crippen LogP contribution in [0.2, 0.25) is 0 Å². The van der Waals surface area contributed by atoms with Crippen molar-refractivity contribution in [3.05, 3.63) is 144 Å². The smallest absolute Gasteiger partial charge is 0.238 e. The molecular weight excluding hydrogens is 526 g/mol. The van der Waals surface area contributed by atoms with E-state index in [2.05, 4.69) is 16.9 Å². The Morgan fingerprint density at radius 1 is 0.976 bits per heavy atom. The number of ether oxygens (including phenoxy) is 1. The van der Waals surface area contributed by atoms with Crippen LogP contribution < -0.4 is 10.1 Å². The molecule has 1 spiro atoms. The molecule has 1 N–H and O–H groups in total. The number of carbonyl (C=O) groups is 3. The van der Waals surface area contributed by atoms with Gasteiger partial charge in [0.25, 0.3) is 0 Å². The molecule has 0 unspecified atom stereocenters. The standard InChI is InChI=1S/C35H27N3O4/c1-2-20-42-24-12-9-11-23(21-24)31(39)29-30(32(40)28-16-7-8-18-36-28)38-19-17-22-10-3-4-13-25(22)33(38)35(29)26-14-5-6-15-27(26)37-34(35)41/h2-19,21,29-30,33H,1,20H2,(H,37,41)/t29-,30+,33-,35+/m0/s1. The van der Waals surface area contributed by atoms with E-state index in [1.54, 1.807) is 54.7 Å². The zero-order valence-corrected chi connectivity index (χ0v) is 22.6. The van der Waals surface area contributed by atoms with Crippen LogP contribution in [0.5, 0.6) is 5.75 Å². The second-order valence-corrected chi connectivity index (χ2v) is 10.7. The Bertz CT molecular complexity index is 1780. The van der Waals surface area contributed by atoms with Crippen molar-refractivity contribution in [2.45, 2.75) is 17.5 Å². The van der Waals surface area contributed by atoms with Gasteiger partial charge in [-0.3, -0.25) is 19.4 Å². The molecule has 1 fully saturated rings. The molecule has 1 aromatic heterocycles. The second kappa shape index (κ2) is 9.96. The van der Waals surface area contributed by atoms with Gasteiger partial charge in [-0.25, -0.2) is 0 Å². The van der Waals surface area contributed by atoms with E-state index in [1.165, 1.54) is 0 Å². The molecule has 4 aromatic rings. The molecule has 206 valence electrons. The van der Waals surface area contributed by atoms with E-state index >= 15 is 0 Å². The maximum absolute atomic E-state index is 14.9. The Balaban J connectivity index is 1.50. The third-order valence-corrected chi connectivity index (χ3v) is 8.53. The summed E-state index contributed by atoms with van der Waals surface area (Å²) in [6.45, 7) is 3.98. The van der Waals surface area contributed by atoms with Crippen LogP contribution in [0.4, 0.5) is 5.69 Å². The zero-order chi connectivity index (χ0) is 28.8. The van der Waals surface area contributed by atoms with Crippen LogP contribution in [0.15, 0.2) is 116 Å². The molecule has 7 nitrogen and oxygen atoms in total. The molecule has 7 rings (SSSR count). The summed E-state index contributed by atoms with van der Waals surface area (Å²) in [4.78, 5) is 50.1. The molecule has 0 radical (unpaired) electrons. The predicted molar refractivity (Wildman–Crippen MR) is 159 cm³/mol. The van der Waals surface area contributed by atoms with Crippen molar-refractivity contribution in [1.82, 2.24) is 9.88 Å². The molecular formula is C35H27N3O4. The van der Waals surface area contributed by atoms with Gasteiger partial charge in [0.15, 0.2) is 5.78 Å². The lowest BCUT2D eigenvalue weighted by Gasteiger charge is -2.38. The summed E-state index contributed by atoms with van der Waals surface area (Å²) < 4.78 is 5.74. The highest BCUT2D eigenvalue weighted by atomic mass is 16.5. The van der Waals surface area contributed by atoms with Gasteiger partial charge in [-0.2, -0.15) is 0 Å². The number of ketones is 2. The van der Waals surface area contributed by atoms with Crippen LogP contribution in [0, 0.1) is 5.92 Å². The van der Waals surface area contributed by atoms with Gasteiger partial charge < -0.3 is 15.0 Å². The van der Waals surface area contributed by atoms with Gasteiger partial charge in [0.2, 0.25) is 11.7 Å². The molecule has 7 heteroatoms. The van der Waals surface area contributed by atoms with E-state index in [0.717, 1.165) is 11.1 Å². The summed E-state index contributed by atoms with van der Waals surface area (Å²) in [5, 5.41) is 3.06. The summed E-state index contributed by atoms with van der Waals surface area (Å²) in [7, 11) is 0. The zero-order valence-electron chi connectivity index (χ0n) is 22.6. The van der Waals surface area contributed by atoms with Crippen LogP contribution in [0.1, 0.15) is 43.6 Å². The van der Waals surface area contributed by atoms with Gasteiger partial charge in [-0.05, 0) is 53.1 Å². The molecule has 4 heterocycles. The number of pyridine rings is 1. The lowest BCUT2D eigenvalue weighted by molar-refractivity contribution is -0.122. The van der Waals surface area contributed by atoms with Gasteiger partial charge in [0, 0.05) is 23.6 Å². The summed E-state index contributed by atoms with van der Waals surface area (Å²) in [5.41, 5.74) is 2.34. The van der Waals surface area contributed by atoms with Crippen LogP contribution >= 0.6 is 0 Å². The number of benzene rings is 3. The Kier molecular flexibility index (Phi) is 6.08. The van der Waals surface area contributed by atoms with Crippen molar-refractivity contribution in [2.24, 2.45) is 5.92 Å². The quantitative estimate of drug-likeness (QED) is 0.236. The fraction of sp³-hybridized carbons (Fsp3) is 0.143. The number of Topliss-reactive ketones (excluding diaryl/α,β-unsaturated/α-hetero) is 2. The van der Waals surface area contributed by atoms with Gasteiger partial charge >= 0.3 is 0 Å². The number of carbonyl (C=O) groups excluding carboxylic acids is 3. The Hall–Kier alpha value is -5.30. The number of amides is 1. The molecule has 4 atom stereocenters. The summed E-state index contributed by atoms with van der Waals surface area (Å²) in [6, 6.07) is 25.7. The summed E-state index contributed by atoms with van der Waals surface area (Å²) >= 11 is 0. The van der Waals surface area contributed by atoms with Crippen LogP contribution in [-0.4, -0.2) is 40.0 Å². The van der Waals surface area contributed by atoms with E-state index in [4.69, 9.17) is 4.74 Å². The first-order valence-corrected chi connectivity index (χ1v) is 13.8. The maximum Gasteiger partial charge on any atom is 0.238 e. The molecule has 42 heavy (non-hydrogen) atoms. The number of fused-ring (bicyclic) bond motifs is 6. The average Bonchev–Trinajstić information content (AvgIpc) is 3.52. The monoisotopic (exact) mass is 553 g/mol. The summed E-state index contributed by atoms with van der Waals surface area (Å²) in [5.74, 6) is -1.53. The van der Waals surface area contributed by atoms with E-state index in [9.17, 15) is 14.4 Å². The number of anilines is 1. The number of nitrogens with zero attached hydrogens (tertiary/aromatic N) is 2. The maximum atomic E-state index is 14.9. The minimum absolute atomic E-state index is 0.234. The van der Waals surface area contributed by atoms with Crippen LogP contribution in [-0.2, 0) is 10.2 Å². The predicted octanol–water partition coefficient (Wildman–Crippen LogP) is 5.63. The van der Waals surface area contributed by atoms with Gasteiger partial charge in [0.1, 0.15) is 29.5 Å². The molecule has 0 saturated carbocycles. The third-order valence-electron chi connectivity index (χ3n) is 8.53. The van der Waals surface area contributed by atoms with E-state index in [1.807, 2.05) is 65.7 Å². The lowest BCUT2D eigenvalue weighted by Crippen LogP contribution is -2.49. The van der Waals surface area contributed by atoms with Crippen molar-refractivity contribution in [1.29, 1.82) is 0 Å². The van der Waals surface area contributed by atoms with Gasteiger partial charge in [-0.1, -0.05) is 73.3 Å². The molecule has 3 aliphatic heterocycles. The largest absolute Gasteiger partial charge is 0.490 e. The first-order chi connectivity index (χ1) is 20.6. The number of hydrogen-bond acceptors (Lipinski definition) is 6. The topological polar surface area (TPSA) is 88.6 Å². The number of hydrogen-bond donors (Lipinski definition) is 1. The molecule has 0 aliphatic carbocycles. The first kappa shape index (κ1) is 25.7. The average molecular weight is 554 g/mol. The Morgan fingerprint density at radius 2 is 1.79 bits per heavy atom. The highest BCUT2D eigenvalue weighted by Gasteiger charge is 2.70. The van der Waals surface area contributed by atoms with Crippen molar-refractivity contribution in [2.75, 3.05) is 11.9 Å². The third kappa shape index (κ3) is 3.66. The van der Waals surface area contributed by atoms with E-state index in [0.29, 0.717) is 22.6 Å². The second-order valence-electron chi connectivity index (χ2n) is 10.7. The first-order valence-electron chi connectivity index (χ1n) is 13.8. The van der Waals surface area contributed by atoms with Crippen molar-refractivity contribution >= 4 is 29.2 Å². The highest BCUT2D eigenvalue weighted by Crippen LogP contribution is 2.62. The van der Waals surface area contributed by atoms with Crippen LogP contribution in [0.3, 0.4) is 0 Å². The Morgan fingerprint density at radius 3 is 2.62 bits per heavy atom. The normalized spacial score (nSPS) is 23.1. The molecule has 3 aliphatic rings. The van der Waals surface area contributed by atoms with E-state index in [-0.39, 0.29) is 29.8 Å². The van der Waals surface area contributed by atoms with Gasteiger partial charge in [0.05, 0.1) is 12.0 Å². The minimum Gasteiger partial charge on any atom is -0.490 e. The van der Waals surface area contributed by atoms with Crippen LogP contribution in [0.25, 0.3) is 6.08 Å². The number of rotatable bonds is 7. The lowest BCUT2D eigenvalue weighted by atomic mass is 9.62. The molecule has 0 bridgehead atoms. The number of aromatic nitrogens is 1. The van der Waals surface area contributed by atoms with Gasteiger partial charge in [-0.15, -0.1) is 0 Å². The van der Waals surface area contributed by atoms with E-state index < -0.39 is 23.4 Å². The van der Waals surface area contributed by atoms with Crippen molar-refractivity contribution in [3.63, 3.8) is 0 Å². The summed E-state index contributed by atoms with van der Waals surface area (Å²) in [6.07, 6.45) is 6.98. The highest BCUT2D eigenvalue weighted by molar-refractivity contribution is 6.16. The fourth-order valence-corrected chi connectivity index (χ4v) is 6.90. The molecule has 3 aromatic carbocycles. The van der Waals surface area contributed by atoms with Crippen molar-refractivity contribution < 1.29 is 19.1 Å². The molecule has 1 saturated heterocycles. The SMILES string of the molecule is C=CCOc1cccc(C(=O)[C@@H]2[C@H](C(=O)c3ccccn3)N3C=Cc4ccccc4[C@H]3[C@]23C(=O)Nc2ccccc23)c1. The Labute approximate surface area is 243 Å².